The Bertz CT molecular complexity index is 1100. The number of aromatic nitrogens is 1. The van der Waals surface area contributed by atoms with Crippen molar-refractivity contribution in [3.05, 3.63) is 53.9 Å². The Labute approximate surface area is 194 Å². The molecule has 2 fully saturated rings. The van der Waals surface area contributed by atoms with Gasteiger partial charge in [0.1, 0.15) is 16.6 Å². The van der Waals surface area contributed by atoms with Gasteiger partial charge < -0.3 is 15.2 Å². The van der Waals surface area contributed by atoms with Crippen LogP contribution >= 0.6 is 0 Å². The Morgan fingerprint density at radius 3 is 2.15 bits per heavy atom. The molecule has 0 radical (unpaired) electrons. The van der Waals surface area contributed by atoms with E-state index in [1.165, 1.54) is 21.1 Å². The van der Waals surface area contributed by atoms with Gasteiger partial charge in [-0.2, -0.15) is 4.31 Å². The van der Waals surface area contributed by atoms with E-state index in [0.717, 1.165) is 37.9 Å². The highest BCUT2D eigenvalue weighted by molar-refractivity contribution is 7.89. The van der Waals surface area contributed by atoms with Crippen molar-refractivity contribution in [2.75, 3.05) is 39.3 Å². The lowest BCUT2D eigenvalue weighted by Crippen LogP contribution is -2.53. The highest BCUT2D eigenvalue weighted by Gasteiger charge is 2.37. The van der Waals surface area contributed by atoms with E-state index in [-0.39, 0.29) is 29.6 Å². The summed E-state index contributed by atoms with van der Waals surface area (Å²) >= 11 is 0. The summed E-state index contributed by atoms with van der Waals surface area (Å²) in [7, 11) is -2.18. The maximum atomic E-state index is 13.5. The lowest BCUT2D eigenvalue weighted by Gasteiger charge is -2.40. The van der Waals surface area contributed by atoms with Crippen LogP contribution in [-0.4, -0.2) is 78.2 Å². The summed E-state index contributed by atoms with van der Waals surface area (Å²) in [5.41, 5.74) is 6.41. The molecule has 2 aliphatic rings. The van der Waals surface area contributed by atoms with Gasteiger partial charge in [-0.3, -0.25) is 14.5 Å². The highest BCUT2D eigenvalue weighted by atomic mass is 32.2. The van der Waals surface area contributed by atoms with E-state index in [1.54, 1.807) is 7.05 Å². The second kappa shape index (κ2) is 9.66. The number of sulfonamides is 1. The third kappa shape index (κ3) is 4.83. The molecule has 178 valence electrons. The number of amides is 2. The van der Waals surface area contributed by atoms with E-state index in [0.29, 0.717) is 13.1 Å². The molecule has 1 aromatic heterocycles. The Morgan fingerprint density at radius 2 is 1.58 bits per heavy atom. The highest BCUT2D eigenvalue weighted by Crippen LogP contribution is 2.28. The van der Waals surface area contributed by atoms with Crippen LogP contribution in [0.2, 0.25) is 0 Å². The third-order valence-electron chi connectivity index (χ3n) is 6.53. The molecule has 3 heterocycles. The molecule has 0 spiro atoms. The number of benzene rings is 1. The Balaban J connectivity index is 1.52. The number of carbonyl (C=O) groups excluding carboxylic acids is 2. The van der Waals surface area contributed by atoms with Crippen LogP contribution in [0.5, 0.6) is 0 Å². The number of aryl methyl sites for hydroxylation is 1. The molecule has 4 rings (SSSR count). The number of piperazine rings is 1. The number of hydrogen-bond acceptors (Lipinski definition) is 5. The fourth-order valence-corrected chi connectivity index (χ4v) is 6.20. The van der Waals surface area contributed by atoms with Crippen LogP contribution < -0.4 is 5.73 Å². The first-order chi connectivity index (χ1) is 15.8. The number of hydrogen-bond donors (Lipinski definition) is 1. The zero-order valence-electron chi connectivity index (χ0n) is 18.9. The minimum Gasteiger partial charge on any atom is -0.364 e. The molecule has 9 nitrogen and oxygen atoms in total. The molecule has 0 saturated carbocycles. The molecule has 10 heteroatoms. The molecular formula is C23H31N5O4S. The maximum absolute atomic E-state index is 13.5. The van der Waals surface area contributed by atoms with Crippen LogP contribution in [0.3, 0.4) is 0 Å². The first kappa shape index (κ1) is 23.5. The second-order valence-electron chi connectivity index (χ2n) is 8.68. The van der Waals surface area contributed by atoms with Crippen molar-refractivity contribution >= 4 is 21.8 Å². The number of primary amides is 1. The van der Waals surface area contributed by atoms with E-state index in [9.17, 15) is 18.0 Å². The van der Waals surface area contributed by atoms with Gasteiger partial charge in [0.2, 0.25) is 15.9 Å². The zero-order valence-corrected chi connectivity index (χ0v) is 19.7. The van der Waals surface area contributed by atoms with Crippen molar-refractivity contribution in [2.24, 2.45) is 12.8 Å². The fraction of sp³-hybridized carbons (Fsp3) is 0.478. The molecule has 2 saturated heterocycles. The lowest BCUT2D eigenvalue weighted by molar-refractivity contribution is -0.138. The van der Waals surface area contributed by atoms with Crippen molar-refractivity contribution in [1.82, 2.24) is 18.7 Å². The van der Waals surface area contributed by atoms with Crippen LogP contribution in [-0.2, 0) is 21.9 Å². The summed E-state index contributed by atoms with van der Waals surface area (Å²) < 4.78 is 29.2. The molecule has 0 aliphatic carbocycles. The van der Waals surface area contributed by atoms with Gasteiger partial charge in [0.05, 0.1) is 0 Å². The van der Waals surface area contributed by atoms with Crippen molar-refractivity contribution in [2.45, 2.75) is 30.2 Å². The summed E-state index contributed by atoms with van der Waals surface area (Å²) in [6.07, 6.45) is 4.59. The molecule has 2 amide bonds. The van der Waals surface area contributed by atoms with E-state index >= 15 is 0 Å². The average molecular weight is 474 g/mol. The Kier molecular flexibility index (Phi) is 6.87. The second-order valence-corrected chi connectivity index (χ2v) is 10.6. The van der Waals surface area contributed by atoms with E-state index in [4.69, 9.17) is 5.73 Å². The SMILES string of the molecule is Cn1cc(S(=O)(=O)N2CCN([C@@H](C(=O)N3CCCCC3)c3ccccc3)CC2)cc1C(N)=O. The first-order valence-electron chi connectivity index (χ1n) is 11.3. The van der Waals surface area contributed by atoms with Gasteiger partial charge in [-0.1, -0.05) is 30.3 Å². The van der Waals surface area contributed by atoms with Gasteiger partial charge in [-0.15, -0.1) is 0 Å². The van der Waals surface area contributed by atoms with Crippen LogP contribution in [0, 0.1) is 0 Å². The number of rotatable bonds is 6. The molecule has 33 heavy (non-hydrogen) atoms. The van der Waals surface area contributed by atoms with E-state index < -0.39 is 22.0 Å². The molecule has 0 unspecified atom stereocenters. The number of nitrogens with two attached hydrogens (primary N) is 1. The van der Waals surface area contributed by atoms with Crippen LogP contribution in [0.1, 0.15) is 41.4 Å². The molecule has 2 N–H and O–H groups in total. The monoisotopic (exact) mass is 473 g/mol. The predicted octanol–water partition coefficient (Wildman–Crippen LogP) is 1.18. The Hall–Kier alpha value is -2.69. The molecule has 1 atom stereocenters. The van der Waals surface area contributed by atoms with Crippen molar-refractivity contribution in [3.63, 3.8) is 0 Å². The van der Waals surface area contributed by atoms with Crippen molar-refractivity contribution in [3.8, 4) is 0 Å². The van der Waals surface area contributed by atoms with Gasteiger partial charge >= 0.3 is 0 Å². The van der Waals surface area contributed by atoms with Gasteiger partial charge in [0.25, 0.3) is 5.91 Å². The standard InChI is InChI=1S/C23H31N5O4S/c1-25-17-19(16-20(25)22(24)29)33(31,32)28-14-12-26(13-15-28)21(18-8-4-2-5-9-18)23(30)27-10-6-3-7-11-27/h2,4-5,8-9,16-17,21H,3,6-7,10-15H2,1H3,(H2,24,29)/t21-/m1/s1. The summed E-state index contributed by atoms with van der Waals surface area (Å²) in [6, 6.07) is 10.6. The number of likely N-dealkylation sites (tertiary alicyclic amines) is 1. The number of nitrogens with zero attached hydrogens (tertiary/aromatic N) is 4. The predicted molar refractivity (Wildman–Crippen MR) is 124 cm³/mol. The van der Waals surface area contributed by atoms with Crippen LogP contribution in [0.4, 0.5) is 0 Å². The molecule has 2 aliphatic heterocycles. The van der Waals surface area contributed by atoms with E-state index in [2.05, 4.69) is 4.90 Å². The van der Waals surface area contributed by atoms with Gasteiger partial charge in [-0.05, 0) is 30.9 Å². The maximum Gasteiger partial charge on any atom is 0.265 e. The minimum atomic E-state index is -3.77. The Morgan fingerprint density at radius 1 is 0.939 bits per heavy atom. The van der Waals surface area contributed by atoms with Crippen LogP contribution in [0.25, 0.3) is 0 Å². The normalized spacial score (nSPS) is 19.4. The molecule has 2 aromatic rings. The summed E-state index contributed by atoms with van der Waals surface area (Å²) in [5, 5.41) is 0. The number of piperidine rings is 1. The van der Waals surface area contributed by atoms with Crippen molar-refractivity contribution in [1.29, 1.82) is 0 Å². The third-order valence-corrected chi connectivity index (χ3v) is 8.39. The molecule has 0 bridgehead atoms. The first-order valence-corrected chi connectivity index (χ1v) is 12.8. The summed E-state index contributed by atoms with van der Waals surface area (Å²) in [5.74, 6) is -0.586. The zero-order chi connectivity index (χ0) is 23.6. The van der Waals surface area contributed by atoms with Crippen molar-refractivity contribution < 1.29 is 18.0 Å². The van der Waals surface area contributed by atoms with Gasteiger partial charge in [0, 0.05) is 52.5 Å². The fourth-order valence-electron chi connectivity index (χ4n) is 4.70. The lowest BCUT2D eigenvalue weighted by atomic mass is 10.0. The minimum absolute atomic E-state index is 0.0521. The molecule has 1 aromatic carbocycles. The molecular weight excluding hydrogens is 442 g/mol. The summed E-state index contributed by atoms with van der Waals surface area (Å²) in [6.45, 7) is 2.95. The number of carbonyl (C=O) groups is 2. The van der Waals surface area contributed by atoms with E-state index in [1.807, 2.05) is 35.2 Å². The van der Waals surface area contributed by atoms with Gasteiger partial charge in [0.15, 0.2) is 0 Å². The summed E-state index contributed by atoms with van der Waals surface area (Å²) in [4.78, 5) is 29.1. The quantitative estimate of drug-likeness (QED) is 0.678. The van der Waals surface area contributed by atoms with Gasteiger partial charge in [-0.25, -0.2) is 8.42 Å². The smallest absolute Gasteiger partial charge is 0.265 e. The largest absolute Gasteiger partial charge is 0.364 e. The average Bonchev–Trinajstić information content (AvgIpc) is 3.24. The van der Waals surface area contributed by atoms with Crippen LogP contribution in [0.15, 0.2) is 47.5 Å². The topological polar surface area (TPSA) is 109 Å².